The average Bonchev–Trinajstić information content (AvgIpc) is 2.96. The molecule has 0 bridgehead atoms. The van der Waals surface area contributed by atoms with E-state index in [9.17, 15) is 4.79 Å². The number of rotatable bonds is 3. The van der Waals surface area contributed by atoms with Crippen molar-refractivity contribution in [2.24, 2.45) is 0 Å². The number of aryl methyl sites for hydroxylation is 2. The molecule has 2 aromatic heterocycles. The molecule has 0 atom stereocenters. The average molecular weight is 411 g/mol. The first-order chi connectivity index (χ1) is 14.3. The van der Waals surface area contributed by atoms with E-state index >= 15 is 0 Å². The van der Waals surface area contributed by atoms with Crippen LogP contribution in [0.25, 0.3) is 15.9 Å². The summed E-state index contributed by atoms with van der Waals surface area (Å²) in [5.74, 6) is 1.54. The highest BCUT2D eigenvalue weighted by Crippen LogP contribution is 2.34. The molecule has 0 unspecified atom stereocenters. The van der Waals surface area contributed by atoms with Gasteiger partial charge in [-0.3, -0.25) is 4.79 Å². The number of nitrogens with one attached hydrogen (secondary N) is 1. The monoisotopic (exact) mass is 410 g/mol. The van der Waals surface area contributed by atoms with E-state index in [1.165, 1.54) is 23.3 Å². The van der Waals surface area contributed by atoms with Crippen LogP contribution >= 0.6 is 11.3 Å². The lowest BCUT2D eigenvalue weighted by molar-refractivity contribution is 0.414. The largest absolute Gasteiger partial charge is 0.497 e. The normalized spacial score (nSPS) is 17.2. The van der Waals surface area contributed by atoms with Gasteiger partial charge >= 0.3 is 0 Å². The molecule has 1 aliphatic carbocycles. The van der Waals surface area contributed by atoms with Crippen LogP contribution in [0.3, 0.4) is 0 Å². The molecule has 2 aliphatic rings. The highest BCUT2D eigenvalue weighted by atomic mass is 32.1. The van der Waals surface area contributed by atoms with Gasteiger partial charge in [-0.25, -0.2) is 9.55 Å². The molecular formula is C22H26N4O2S. The molecule has 5 rings (SSSR count). The second-order valence-corrected chi connectivity index (χ2v) is 8.82. The number of thiophene rings is 1. The molecule has 0 spiro atoms. The third kappa shape index (κ3) is 3.32. The SMILES string of the molecule is COc1ccc(-n2c(N3CCNCC3)nc3sc4c(c3c2=O)CCCCC4)cc1. The Bertz CT molecular complexity index is 1080. The standard InChI is InChI=1S/C22H26N4O2S/c1-28-16-9-7-15(8-10-16)26-21(27)19-17-5-3-2-4-6-18(17)29-20(19)24-22(26)25-13-11-23-12-14-25/h7-10,23H,2-6,11-14H2,1H3. The van der Waals surface area contributed by atoms with Crippen molar-refractivity contribution in [3.63, 3.8) is 0 Å². The fraction of sp³-hybridized carbons (Fsp3) is 0.455. The molecule has 0 radical (unpaired) electrons. The Kier molecular flexibility index (Phi) is 5.01. The first kappa shape index (κ1) is 18.6. The molecule has 152 valence electrons. The number of ether oxygens (including phenoxy) is 1. The van der Waals surface area contributed by atoms with Crippen LogP contribution in [0.1, 0.15) is 29.7 Å². The molecule has 0 amide bonds. The fourth-order valence-electron chi connectivity index (χ4n) is 4.41. The molecule has 29 heavy (non-hydrogen) atoms. The Morgan fingerprint density at radius 1 is 1.07 bits per heavy atom. The van der Waals surface area contributed by atoms with E-state index in [1.54, 1.807) is 18.4 Å². The second kappa shape index (κ2) is 7.80. The van der Waals surface area contributed by atoms with Gasteiger partial charge < -0.3 is 15.0 Å². The molecule has 7 heteroatoms. The summed E-state index contributed by atoms with van der Waals surface area (Å²) < 4.78 is 7.12. The molecule has 1 fully saturated rings. The van der Waals surface area contributed by atoms with E-state index in [0.717, 1.165) is 73.0 Å². The van der Waals surface area contributed by atoms with Crippen LogP contribution in [-0.4, -0.2) is 42.8 Å². The Morgan fingerprint density at radius 2 is 1.83 bits per heavy atom. The fourth-order valence-corrected chi connectivity index (χ4v) is 5.66. The topological polar surface area (TPSA) is 59.4 Å². The maximum absolute atomic E-state index is 13.8. The number of methoxy groups -OCH3 is 1. The van der Waals surface area contributed by atoms with E-state index in [1.807, 2.05) is 28.8 Å². The number of hydrogen-bond acceptors (Lipinski definition) is 6. The number of aromatic nitrogens is 2. The van der Waals surface area contributed by atoms with Crippen molar-refractivity contribution in [3.05, 3.63) is 45.1 Å². The number of fused-ring (bicyclic) bond motifs is 3. The predicted molar refractivity (Wildman–Crippen MR) is 118 cm³/mol. The molecule has 6 nitrogen and oxygen atoms in total. The molecule has 1 N–H and O–H groups in total. The second-order valence-electron chi connectivity index (χ2n) is 7.73. The van der Waals surface area contributed by atoms with Gasteiger partial charge in [-0.2, -0.15) is 0 Å². The molecule has 3 aromatic rings. The Labute approximate surface area is 174 Å². The van der Waals surface area contributed by atoms with Crippen molar-refractivity contribution in [2.45, 2.75) is 32.1 Å². The summed E-state index contributed by atoms with van der Waals surface area (Å²) in [6.45, 7) is 3.49. The first-order valence-corrected chi connectivity index (χ1v) is 11.3. The summed E-state index contributed by atoms with van der Waals surface area (Å²) in [5.41, 5.74) is 2.15. The van der Waals surface area contributed by atoms with E-state index in [4.69, 9.17) is 9.72 Å². The molecule has 1 aliphatic heterocycles. The van der Waals surface area contributed by atoms with Crippen molar-refractivity contribution in [1.29, 1.82) is 0 Å². The van der Waals surface area contributed by atoms with Gasteiger partial charge in [0.15, 0.2) is 0 Å². The summed E-state index contributed by atoms with van der Waals surface area (Å²) in [5, 5.41) is 4.22. The molecule has 1 aromatic carbocycles. The number of hydrogen-bond donors (Lipinski definition) is 1. The van der Waals surface area contributed by atoms with Gasteiger partial charge in [0.25, 0.3) is 5.56 Å². The lowest BCUT2D eigenvalue weighted by atomic mass is 10.1. The predicted octanol–water partition coefficient (Wildman–Crippen LogP) is 3.13. The first-order valence-electron chi connectivity index (χ1n) is 10.4. The lowest BCUT2D eigenvalue weighted by Gasteiger charge is -2.30. The summed E-state index contributed by atoms with van der Waals surface area (Å²) in [4.78, 5) is 23.4. The molecule has 0 saturated carbocycles. The minimum absolute atomic E-state index is 0.0631. The minimum Gasteiger partial charge on any atom is -0.497 e. The van der Waals surface area contributed by atoms with Gasteiger partial charge in [0.2, 0.25) is 5.95 Å². The number of nitrogens with zero attached hydrogens (tertiary/aromatic N) is 3. The third-order valence-electron chi connectivity index (χ3n) is 5.95. The zero-order chi connectivity index (χ0) is 19.8. The van der Waals surface area contributed by atoms with Gasteiger partial charge in [0.05, 0.1) is 18.2 Å². The smallest absolute Gasteiger partial charge is 0.268 e. The number of piperazine rings is 1. The van der Waals surface area contributed by atoms with E-state index in [2.05, 4.69) is 10.2 Å². The molecule has 1 saturated heterocycles. The van der Waals surface area contributed by atoms with Gasteiger partial charge in [0, 0.05) is 31.1 Å². The summed E-state index contributed by atoms with van der Waals surface area (Å²) in [7, 11) is 1.65. The van der Waals surface area contributed by atoms with Crippen molar-refractivity contribution in [1.82, 2.24) is 14.9 Å². The van der Waals surface area contributed by atoms with Gasteiger partial charge in [-0.05, 0) is 55.5 Å². The number of anilines is 1. The van der Waals surface area contributed by atoms with Crippen LogP contribution in [0.2, 0.25) is 0 Å². The maximum Gasteiger partial charge on any atom is 0.268 e. The van der Waals surface area contributed by atoms with Crippen molar-refractivity contribution in [3.8, 4) is 11.4 Å². The third-order valence-corrected chi connectivity index (χ3v) is 7.14. The zero-order valence-electron chi connectivity index (χ0n) is 16.7. The maximum atomic E-state index is 13.8. The van der Waals surface area contributed by atoms with Crippen LogP contribution in [-0.2, 0) is 12.8 Å². The van der Waals surface area contributed by atoms with Crippen LogP contribution in [0.15, 0.2) is 29.1 Å². The van der Waals surface area contributed by atoms with Crippen molar-refractivity contribution < 1.29 is 4.74 Å². The molecular weight excluding hydrogens is 384 g/mol. The van der Waals surface area contributed by atoms with E-state index < -0.39 is 0 Å². The van der Waals surface area contributed by atoms with Crippen LogP contribution in [0.4, 0.5) is 5.95 Å². The van der Waals surface area contributed by atoms with Crippen molar-refractivity contribution in [2.75, 3.05) is 38.2 Å². The van der Waals surface area contributed by atoms with Crippen LogP contribution < -0.4 is 20.5 Å². The van der Waals surface area contributed by atoms with Crippen LogP contribution in [0.5, 0.6) is 5.75 Å². The van der Waals surface area contributed by atoms with Gasteiger partial charge in [-0.1, -0.05) is 6.42 Å². The van der Waals surface area contributed by atoms with Crippen molar-refractivity contribution >= 4 is 27.5 Å². The summed E-state index contributed by atoms with van der Waals surface area (Å²) >= 11 is 1.73. The summed E-state index contributed by atoms with van der Waals surface area (Å²) in [6.07, 6.45) is 5.66. The highest BCUT2D eigenvalue weighted by molar-refractivity contribution is 7.18. The highest BCUT2D eigenvalue weighted by Gasteiger charge is 2.25. The lowest BCUT2D eigenvalue weighted by Crippen LogP contribution is -2.46. The quantitative estimate of drug-likeness (QED) is 0.673. The van der Waals surface area contributed by atoms with Crippen LogP contribution in [0, 0.1) is 0 Å². The van der Waals surface area contributed by atoms with E-state index in [0.29, 0.717) is 0 Å². The van der Waals surface area contributed by atoms with E-state index in [-0.39, 0.29) is 5.56 Å². The van der Waals surface area contributed by atoms with Gasteiger partial charge in [0.1, 0.15) is 10.6 Å². The Hall–Kier alpha value is -2.38. The minimum atomic E-state index is 0.0631. The van der Waals surface area contributed by atoms with Gasteiger partial charge in [-0.15, -0.1) is 11.3 Å². The Morgan fingerprint density at radius 3 is 2.59 bits per heavy atom. The summed E-state index contributed by atoms with van der Waals surface area (Å²) in [6, 6.07) is 7.71. The Balaban J connectivity index is 1.75. The number of benzene rings is 1. The molecule has 3 heterocycles. The zero-order valence-corrected chi connectivity index (χ0v) is 17.6.